The first kappa shape index (κ1) is 18.0. The average molecular weight is 399 g/mol. The summed E-state index contributed by atoms with van der Waals surface area (Å²) in [6.07, 6.45) is 1.60. The van der Waals surface area contributed by atoms with Gasteiger partial charge in [0.05, 0.1) is 11.4 Å². The van der Waals surface area contributed by atoms with E-state index in [2.05, 4.69) is 10.2 Å². The Morgan fingerprint density at radius 1 is 1.28 bits per heavy atom. The highest BCUT2D eigenvalue weighted by Crippen LogP contribution is 2.26. The van der Waals surface area contributed by atoms with Crippen LogP contribution in [0.15, 0.2) is 57.4 Å². The number of thioether (sulfide) groups is 1. The van der Waals surface area contributed by atoms with Crippen LogP contribution in [0, 0.1) is 0 Å². The summed E-state index contributed by atoms with van der Waals surface area (Å²) >= 11 is 7.41. The highest BCUT2D eigenvalue weighted by Gasteiger charge is 2.21. The van der Waals surface area contributed by atoms with Crippen LogP contribution in [0.2, 0.25) is 5.02 Å². The van der Waals surface area contributed by atoms with Gasteiger partial charge in [-0.3, -0.25) is 4.57 Å². The molecule has 0 radical (unpaired) electrons. The van der Waals surface area contributed by atoms with Crippen molar-refractivity contribution in [2.24, 2.45) is 0 Å². The molecule has 0 aliphatic carbocycles. The number of halogens is 1. The van der Waals surface area contributed by atoms with Crippen molar-refractivity contribution < 1.29 is 12.8 Å². The van der Waals surface area contributed by atoms with Crippen molar-refractivity contribution in [3.63, 3.8) is 0 Å². The van der Waals surface area contributed by atoms with E-state index in [1.54, 1.807) is 23.0 Å². The quantitative estimate of drug-likeness (QED) is 0.593. The minimum Gasteiger partial charge on any atom is -0.447 e. The summed E-state index contributed by atoms with van der Waals surface area (Å²) in [6, 6.07) is 10.4. The van der Waals surface area contributed by atoms with Crippen LogP contribution in [0.3, 0.4) is 0 Å². The van der Waals surface area contributed by atoms with Crippen LogP contribution in [0.25, 0.3) is 5.69 Å². The summed E-state index contributed by atoms with van der Waals surface area (Å²) in [5.41, 5.74) is 0.843. The molecular formula is C15H15ClN4O3S2. The third-order valence-electron chi connectivity index (χ3n) is 3.32. The van der Waals surface area contributed by atoms with Gasteiger partial charge in [-0.15, -0.1) is 10.2 Å². The van der Waals surface area contributed by atoms with Gasteiger partial charge < -0.3 is 4.42 Å². The summed E-state index contributed by atoms with van der Waals surface area (Å²) in [5, 5.41) is 9.20. The van der Waals surface area contributed by atoms with E-state index in [0.717, 1.165) is 9.99 Å². The Labute approximate surface area is 154 Å². The van der Waals surface area contributed by atoms with Crippen molar-refractivity contribution in [2.75, 3.05) is 14.1 Å². The molecule has 0 bridgehead atoms. The Morgan fingerprint density at radius 2 is 2.08 bits per heavy atom. The maximum atomic E-state index is 12.0. The first-order chi connectivity index (χ1) is 11.9. The van der Waals surface area contributed by atoms with Gasteiger partial charge >= 0.3 is 0 Å². The predicted octanol–water partition coefficient (Wildman–Crippen LogP) is 3.06. The number of furan rings is 1. The Balaban J connectivity index is 1.76. The summed E-state index contributed by atoms with van der Waals surface area (Å²) in [5.74, 6) is 0.952. The molecule has 0 aliphatic heterocycles. The highest BCUT2D eigenvalue weighted by molar-refractivity contribution is 7.98. The molecule has 2 aromatic heterocycles. The van der Waals surface area contributed by atoms with Crippen LogP contribution in [0.5, 0.6) is 0 Å². The molecule has 132 valence electrons. The van der Waals surface area contributed by atoms with Gasteiger partial charge in [0.15, 0.2) is 5.16 Å². The molecule has 0 amide bonds. The first-order valence-electron chi connectivity index (χ1n) is 7.18. The third kappa shape index (κ3) is 3.90. The number of benzene rings is 1. The van der Waals surface area contributed by atoms with Crippen molar-refractivity contribution in [1.82, 2.24) is 19.1 Å². The molecule has 0 fully saturated rings. The molecule has 0 saturated heterocycles. The van der Waals surface area contributed by atoms with E-state index in [1.807, 2.05) is 18.2 Å². The zero-order valence-corrected chi connectivity index (χ0v) is 15.8. The molecule has 10 heteroatoms. The van der Waals surface area contributed by atoms with Gasteiger partial charge in [-0.05, 0) is 30.3 Å². The molecule has 3 rings (SSSR count). The van der Waals surface area contributed by atoms with E-state index in [-0.39, 0.29) is 5.09 Å². The number of aromatic nitrogens is 3. The molecule has 3 aromatic rings. The van der Waals surface area contributed by atoms with Gasteiger partial charge in [0.25, 0.3) is 10.0 Å². The fourth-order valence-corrected chi connectivity index (χ4v) is 3.84. The van der Waals surface area contributed by atoms with Gasteiger partial charge in [0.2, 0.25) is 5.09 Å². The highest BCUT2D eigenvalue weighted by atomic mass is 35.5. The fraction of sp³-hybridized carbons (Fsp3) is 0.200. The summed E-state index contributed by atoms with van der Waals surface area (Å²) in [6.45, 7) is 0. The monoisotopic (exact) mass is 398 g/mol. The van der Waals surface area contributed by atoms with E-state index in [9.17, 15) is 8.42 Å². The molecule has 7 nitrogen and oxygen atoms in total. The second-order valence-corrected chi connectivity index (χ2v) is 8.72. The lowest BCUT2D eigenvalue weighted by molar-refractivity contribution is 0.408. The standard InChI is InChI=1S/C15H15ClN4O3S2/c1-19(2)25(21,22)14-7-6-13(23-14)9-24-15-18-17-10-20(15)12-5-3-4-11(16)8-12/h3-8,10H,9H2,1-2H3. The second kappa shape index (κ2) is 7.20. The largest absolute Gasteiger partial charge is 0.447 e. The van der Waals surface area contributed by atoms with Gasteiger partial charge in [-0.1, -0.05) is 29.4 Å². The van der Waals surface area contributed by atoms with Gasteiger partial charge in [0, 0.05) is 19.1 Å². The Morgan fingerprint density at radius 3 is 2.80 bits per heavy atom. The summed E-state index contributed by atoms with van der Waals surface area (Å²) in [7, 11) is -0.658. The van der Waals surface area contributed by atoms with Gasteiger partial charge in [0.1, 0.15) is 12.1 Å². The smallest absolute Gasteiger partial charge is 0.275 e. The van der Waals surface area contributed by atoms with Gasteiger partial charge in [-0.2, -0.15) is 0 Å². The Bertz CT molecular complexity index is 982. The van der Waals surface area contributed by atoms with Crippen LogP contribution < -0.4 is 0 Å². The predicted molar refractivity (Wildman–Crippen MR) is 95.5 cm³/mol. The van der Waals surface area contributed by atoms with Crippen molar-refractivity contribution in [2.45, 2.75) is 16.0 Å². The molecule has 0 unspecified atom stereocenters. The van der Waals surface area contributed by atoms with E-state index in [0.29, 0.717) is 21.7 Å². The van der Waals surface area contributed by atoms with Crippen molar-refractivity contribution in [1.29, 1.82) is 0 Å². The number of nitrogens with zero attached hydrogens (tertiary/aromatic N) is 4. The minimum absolute atomic E-state index is 0.0793. The molecule has 0 N–H and O–H groups in total. The van der Waals surface area contributed by atoms with Gasteiger partial charge in [-0.25, -0.2) is 12.7 Å². The zero-order chi connectivity index (χ0) is 18.0. The third-order valence-corrected chi connectivity index (χ3v) is 6.21. The molecule has 1 aromatic carbocycles. The van der Waals surface area contributed by atoms with E-state index >= 15 is 0 Å². The fourth-order valence-electron chi connectivity index (χ4n) is 2.02. The van der Waals surface area contributed by atoms with Crippen LogP contribution in [0.4, 0.5) is 0 Å². The Kier molecular flexibility index (Phi) is 5.19. The first-order valence-corrected chi connectivity index (χ1v) is 9.98. The lowest BCUT2D eigenvalue weighted by atomic mass is 10.3. The summed E-state index contributed by atoms with van der Waals surface area (Å²) in [4.78, 5) is 0. The van der Waals surface area contributed by atoms with Crippen LogP contribution >= 0.6 is 23.4 Å². The number of hydrogen-bond donors (Lipinski definition) is 0. The molecule has 0 spiro atoms. The second-order valence-electron chi connectivity index (χ2n) is 5.26. The maximum Gasteiger partial charge on any atom is 0.275 e. The van der Waals surface area contributed by atoms with Crippen LogP contribution in [0.1, 0.15) is 5.76 Å². The molecule has 2 heterocycles. The van der Waals surface area contributed by atoms with Crippen molar-refractivity contribution >= 4 is 33.4 Å². The molecule has 0 saturated carbocycles. The maximum absolute atomic E-state index is 12.0. The summed E-state index contributed by atoms with van der Waals surface area (Å²) < 4.78 is 32.4. The lowest BCUT2D eigenvalue weighted by Gasteiger charge is -2.08. The SMILES string of the molecule is CN(C)S(=O)(=O)c1ccc(CSc2nncn2-c2cccc(Cl)c2)o1. The number of hydrogen-bond acceptors (Lipinski definition) is 6. The Hall–Kier alpha value is -1.81. The molecule has 25 heavy (non-hydrogen) atoms. The van der Waals surface area contributed by atoms with Crippen LogP contribution in [-0.4, -0.2) is 41.6 Å². The van der Waals surface area contributed by atoms with Crippen molar-refractivity contribution in [3.8, 4) is 5.69 Å². The van der Waals surface area contributed by atoms with Crippen LogP contribution in [-0.2, 0) is 15.8 Å². The van der Waals surface area contributed by atoms with Crippen molar-refractivity contribution in [3.05, 3.63) is 53.5 Å². The normalized spacial score (nSPS) is 12.0. The zero-order valence-electron chi connectivity index (χ0n) is 13.5. The molecule has 0 atom stereocenters. The molecular weight excluding hydrogens is 384 g/mol. The number of sulfonamides is 1. The number of rotatable bonds is 6. The molecule has 0 aliphatic rings. The topological polar surface area (TPSA) is 81.2 Å². The minimum atomic E-state index is -3.57. The average Bonchev–Trinajstić information content (AvgIpc) is 3.22. The lowest BCUT2D eigenvalue weighted by Crippen LogP contribution is -2.21. The van der Waals surface area contributed by atoms with E-state index in [4.69, 9.17) is 16.0 Å². The van der Waals surface area contributed by atoms with E-state index in [1.165, 1.54) is 31.9 Å². The van der Waals surface area contributed by atoms with E-state index < -0.39 is 10.0 Å².